The number of hydrogen-bond donors (Lipinski definition) is 1. The molecule has 0 saturated carbocycles. The van der Waals surface area contributed by atoms with Gasteiger partial charge in [0.05, 0.1) is 6.61 Å². The van der Waals surface area contributed by atoms with E-state index in [1.807, 2.05) is 31.3 Å². The summed E-state index contributed by atoms with van der Waals surface area (Å²) < 4.78 is 7.42. The molecule has 0 spiro atoms. The van der Waals surface area contributed by atoms with Gasteiger partial charge in [-0.2, -0.15) is 0 Å². The zero-order chi connectivity index (χ0) is 14.2. The number of aromatic nitrogens is 3. The summed E-state index contributed by atoms with van der Waals surface area (Å²) in [6.45, 7) is 1.27. The SMILES string of the molecule is Cn1cnc(SCCCCOc2cccc(CN)c2)n1. The van der Waals surface area contributed by atoms with Crippen molar-refractivity contribution in [3.8, 4) is 5.75 Å². The topological polar surface area (TPSA) is 66.0 Å². The number of hydrogen-bond acceptors (Lipinski definition) is 5. The van der Waals surface area contributed by atoms with Crippen molar-refractivity contribution in [3.05, 3.63) is 36.2 Å². The maximum Gasteiger partial charge on any atom is 0.208 e. The highest BCUT2D eigenvalue weighted by Crippen LogP contribution is 2.15. The van der Waals surface area contributed by atoms with Crippen LogP contribution in [0.3, 0.4) is 0 Å². The second-order valence-corrected chi connectivity index (χ2v) is 5.52. The fourth-order valence-corrected chi connectivity index (χ4v) is 2.54. The molecule has 0 radical (unpaired) electrons. The van der Waals surface area contributed by atoms with Gasteiger partial charge in [0, 0.05) is 19.3 Å². The van der Waals surface area contributed by atoms with E-state index in [4.69, 9.17) is 10.5 Å². The molecule has 1 aromatic heterocycles. The first-order valence-electron chi connectivity index (χ1n) is 6.68. The van der Waals surface area contributed by atoms with Gasteiger partial charge in [-0.1, -0.05) is 23.9 Å². The Morgan fingerprint density at radius 1 is 1.35 bits per heavy atom. The van der Waals surface area contributed by atoms with E-state index in [0.717, 1.165) is 41.7 Å². The molecule has 0 aliphatic heterocycles. The van der Waals surface area contributed by atoms with Gasteiger partial charge in [-0.3, -0.25) is 4.68 Å². The lowest BCUT2D eigenvalue weighted by molar-refractivity contribution is 0.309. The smallest absolute Gasteiger partial charge is 0.208 e. The Morgan fingerprint density at radius 2 is 2.25 bits per heavy atom. The number of unbranched alkanes of at least 4 members (excludes halogenated alkanes) is 1. The molecule has 1 heterocycles. The standard InChI is InChI=1S/C14H20N4OS/c1-18-11-16-14(17-18)20-8-3-2-7-19-13-6-4-5-12(9-13)10-15/h4-6,9,11H,2-3,7-8,10,15H2,1H3. The Bertz CT molecular complexity index is 529. The molecule has 108 valence electrons. The fourth-order valence-electron chi connectivity index (χ4n) is 1.71. The third-order valence-corrected chi connectivity index (χ3v) is 3.69. The van der Waals surface area contributed by atoms with Gasteiger partial charge in [-0.05, 0) is 30.5 Å². The van der Waals surface area contributed by atoms with Gasteiger partial charge in [-0.15, -0.1) is 5.10 Å². The van der Waals surface area contributed by atoms with Crippen LogP contribution in [0.25, 0.3) is 0 Å². The molecule has 6 heteroatoms. The molecule has 2 rings (SSSR count). The van der Waals surface area contributed by atoms with E-state index in [9.17, 15) is 0 Å². The normalized spacial score (nSPS) is 10.7. The number of benzene rings is 1. The van der Waals surface area contributed by atoms with E-state index in [-0.39, 0.29) is 0 Å². The summed E-state index contributed by atoms with van der Waals surface area (Å²) in [7, 11) is 1.88. The lowest BCUT2D eigenvalue weighted by Gasteiger charge is -2.07. The van der Waals surface area contributed by atoms with Crippen LogP contribution in [-0.4, -0.2) is 27.1 Å². The maximum atomic E-state index is 5.70. The average molecular weight is 292 g/mol. The van der Waals surface area contributed by atoms with Gasteiger partial charge < -0.3 is 10.5 Å². The maximum absolute atomic E-state index is 5.70. The largest absolute Gasteiger partial charge is 0.494 e. The van der Waals surface area contributed by atoms with Gasteiger partial charge in [-0.25, -0.2) is 4.98 Å². The summed E-state index contributed by atoms with van der Waals surface area (Å²) in [4.78, 5) is 4.17. The van der Waals surface area contributed by atoms with Gasteiger partial charge >= 0.3 is 0 Å². The number of aryl methyl sites for hydroxylation is 1. The van der Waals surface area contributed by atoms with Gasteiger partial charge in [0.1, 0.15) is 12.1 Å². The van der Waals surface area contributed by atoms with Crippen LogP contribution in [0.5, 0.6) is 5.75 Å². The summed E-state index contributed by atoms with van der Waals surface area (Å²) >= 11 is 1.68. The van der Waals surface area contributed by atoms with Crippen LogP contribution in [-0.2, 0) is 13.6 Å². The monoisotopic (exact) mass is 292 g/mol. The van der Waals surface area contributed by atoms with Crippen LogP contribution in [0.1, 0.15) is 18.4 Å². The molecule has 2 N–H and O–H groups in total. The molecule has 0 bridgehead atoms. The number of rotatable bonds is 8. The molecule has 0 aliphatic rings. The predicted molar refractivity (Wildman–Crippen MR) is 80.8 cm³/mol. The Kier molecular flexibility index (Phi) is 5.88. The second kappa shape index (κ2) is 7.91. The second-order valence-electron chi connectivity index (χ2n) is 4.46. The summed E-state index contributed by atoms with van der Waals surface area (Å²) in [5, 5.41) is 5.06. The first kappa shape index (κ1) is 14.9. The summed E-state index contributed by atoms with van der Waals surface area (Å²) in [5.41, 5.74) is 6.69. The fraction of sp³-hybridized carbons (Fsp3) is 0.429. The number of thioether (sulfide) groups is 1. The molecule has 0 amide bonds. The van der Waals surface area contributed by atoms with Crippen molar-refractivity contribution in [1.82, 2.24) is 14.8 Å². The first-order chi connectivity index (χ1) is 9.78. The molecule has 0 saturated heterocycles. The van der Waals surface area contributed by atoms with Crippen LogP contribution in [0, 0.1) is 0 Å². The highest BCUT2D eigenvalue weighted by atomic mass is 32.2. The summed E-state index contributed by atoms with van der Waals surface area (Å²) in [6.07, 6.45) is 3.82. The zero-order valence-corrected chi connectivity index (χ0v) is 12.5. The molecule has 5 nitrogen and oxygen atoms in total. The quantitative estimate of drug-likeness (QED) is 0.597. The Labute approximate surface area is 123 Å². The molecular weight excluding hydrogens is 272 g/mol. The minimum Gasteiger partial charge on any atom is -0.494 e. The molecule has 0 aliphatic carbocycles. The molecule has 1 aromatic carbocycles. The molecule has 20 heavy (non-hydrogen) atoms. The van der Waals surface area contributed by atoms with E-state index in [2.05, 4.69) is 10.1 Å². The molecule has 0 fully saturated rings. The number of ether oxygens (including phenoxy) is 1. The minimum atomic E-state index is 0.547. The highest BCUT2D eigenvalue weighted by molar-refractivity contribution is 7.99. The van der Waals surface area contributed by atoms with Crippen molar-refractivity contribution in [1.29, 1.82) is 0 Å². The van der Waals surface area contributed by atoms with Crippen molar-refractivity contribution in [2.45, 2.75) is 24.5 Å². The Morgan fingerprint density at radius 3 is 3.00 bits per heavy atom. The highest BCUT2D eigenvalue weighted by Gasteiger charge is 2.00. The summed E-state index contributed by atoms with van der Waals surface area (Å²) in [6, 6.07) is 7.93. The Balaban J connectivity index is 1.59. The summed E-state index contributed by atoms with van der Waals surface area (Å²) in [5.74, 6) is 1.91. The first-order valence-corrected chi connectivity index (χ1v) is 7.67. The van der Waals surface area contributed by atoms with Crippen LogP contribution < -0.4 is 10.5 Å². The van der Waals surface area contributed by atoms with Crippen LogP contribution in [0.15, 0.2) is 35.7 Å². The van der Waals surface area contributed by atoms with Gasteiger partial charge in [0.15, 0.2) is 0 Å². The van der Waals surface area contributed by atoms with Crippen molar-refractivity contribution < 1.29 is 4.74 Å². The molecular formula is C14H20N4OS. The third-order valence-electron chi connectivity index (χ3n) is 2.75. The van der Waals surface area contributed by atoms with E-state index >= 15 is 0 Å². The van der Waals surface area contributed by atoms with Crippen molar-refractivity contribution in [3.63, 3.8) is 0 Å². The lowest BCUT2D eigenvalue weighted by atomic mass is 10.2. The zero-order valence-electron chi connectivity index (χ0n) is 11.7. The van der Waals surface area contributed by atoms with Crippen LogP contribution in [0.4, 0.5) is 0 Å². The van der Waals surface area contributed by atoms with E-state index < -0.39 is 0 Å². The van der Waals surface area contributed by atoms with Gasteiger partial charge in [0.2, 0.25) is 5.16 Å². The minimum absolute atomic E-state index is 0.547. The van der Waals surface area contributed by atoms with Crippen molar-refractivity contribution in [2.24, 2.45) is 12.8 Å². The molecule has 0 atom stereocenters. The van der Waals surface area contributed by atoms with Crippen molar-refractivity contribution in [2.75, 3.05) is 12.4 Å². The lowest BCUT2D eigenvalue weighted by Crippen LogP contribution is -2.00. The van der Waals surface area contributed by atoms with E-state index in [1.165, 1.54) is 0 Å². The third kappa shape index (κ3) is 4.86. The molecule has 0 unspecified atom stereocenters. The van der Waals surface area contributed by atoms with Crippen LogP contribution >= 0.6 is 11.8 Å². The average Bonchev–Trinajstić information content (AvgIpc) is 2.88. The number of nitrogens with two attached hydrogens (primary N) is 1. The van der Waals surface area contributed by atoms with Gasteiger partial charge in [0.25, 0.3) is 0 Å². The van der Waals surface area contributed by atoms with Crippen molar-refractivity contribution >= 4 is 11.8 Å². The predicted octanol–water partition coefficient (Wildman–Crippen LogP) is 2.23. The number of nitrogens with zero attached hydrogens (tertiary/aromatic N) is 3. The van der Waals surface area contributed by atoms with E-state index in [1.54, 1.807) is 22.8 Å². The Hall–Kier alpha value is -1.53. The molecule has 2 aromatic rings. The van der Waals surface area contributed by atoms with E-state index in [0.29, 0.717) is 6.54 Å². The van der Waals surface area contributed by atoms with Crippen LogP contribution in [0.2, 0.25) is 0 Å².